The standard InChI is InChI=1S/C21H30N4O6/c1-4-10-25-19(22)18(20(27)23-21(25)28)24(11-13-29-3)17(26)14-31-16-8-6-15(7-9-16)30-12-5-2/h6-9H,4-5,10-14,22H2,1-3H3,(H,23,27,28). The van der Waals surface area contributed by atoms with Gasteiger partial charge >= 0.3 is 5.69 Å². The summed E-state index contributed by atoms with van der Waals surface area (Å²) in [6.07, 6.45) is 1.53. The summed E-state index contributed by atoms with van der Waals surface area (Å²) in [6, 6.07) is 6.89. The predicted octanol–water partition coefficient (Wildman–Crippen LogP) is 1.38. The van der Waals surface area contributed by atoms with Crippen LogP contribution in [0.2, 0.25) is 0 Å². The highest BCUT2D eigenvalue weighted by atomic mass is 16.5. The molecule has 31 heavy (non-hydrogen) atoms. The van der Waals surface area contributed by atoms with E-state index in [4.69, 9.17) is 19.9 Å². The molecule has 170 valence electrons. The van der Waals surface area contributed by atoms with E-state index in [1.54, 1.807) is 24.3 Å². The van der Waals surface area contributed by atoms with Gasteiger partial charge in [-0.3, -0.25) is 24.0 Å². The Hall–Kier alpha value is -3.27. The topological polar surface area (TPSA) is 129 Å². The summed E-state index contributed by atoms with van der Waals surface area (Å²) in [5.41, 5.74) is 4.65. The molecule has 0 unspecified atom stereocenters. The van der Waals surface area contributed by atoms with Crippen molar-refractivity contribution in [2.75, 3.05) is 44.1 Å². The number of anilines is 2. The van der Waals surface area contributed by atoms with Crippen molar-refractivity contribution >= 4 is 17.4 Å². The molecule has 1 heterocycles. The number of hydrogen-bond acceptors (Lipinski definition) is 7. The molecule has 1 aromatic carbocycles. The van der Waals surface area contributed by atoms with Crippen molar-refractivity contribution in [3.05, 3.63) is 45.1 Å². The minimum atomic E-state index is -0.739. The van der Waals surface area contributed by atoms with E-state index < -0.39 is 17.2 Å². The number of methoxy groups -OCH3 is 1. The monoisotopic (exact) mass is 434 g/mol. The highest BCUT2D eigenvalue weighted by molar-refractivity contribution is 5.96. The van der Waals surface area contributed by atoms with E-state index in [1.165, 1.54) is 16.6 Å². The van der Waals surface area contributed by atoms with Crippen LogP contribution in [0.5, 0.6) is 11.5 Å². The number of aromatic nitrogens is 2. The minimum Gasteiger partial charge on any atom is -0.494 e. The largest absolute Gasteiger partial charge is 0.494 e. The third-order valence-corrected chi connectivity index (χ3v) is 4.41. The number of nitrogens with two attached hydrogens (primary N) is 1. The summed E-state index contributed by atoms with van der Waals surface area (Å²) < 4.78 is 17.4. The molecule has 2 rings (SSSR count). The fraction of sp³-hybridized carbons (Fsp3) is 0.476. The maximum Gasteiger partial charge on any atom is 0.330 e. The summed E-state index contributed by atoms with van der Waals surface area (Å²) in [6.45, 7) is 4.72. The Morgan fingerprint density at radius 3 is 2.29 bits per heavy atom. The smallest absolute Gasteiger partial charge is 0.330 e. The van der Waals surface area contributed by atoms with E-state index in [9.17, 15) is 14.4 Å². The van der Waals surface area contributed by atoms with Crippen LogP contribution < -0.4 is 31.4 Å². The molecule has 0 spiro atoms. The van der Waals surface area contributed by atoms with Crippen molar-refractivity contribution in [1.29, 1.82) is 0 Å². The first-order valence-electron chi connectivity index (χ1n) is 10.2. The average Bonchev–Trinajstić information content (AvgIpc) is 2.76. The highest BCUT2D eigenvalue weighted by Gasteiger charge is 2.24. The van der Waals surface area contributed by atoms with Gasteiger partial charge in [-0.15, -0.1) is 0 Å². The fourth-order valence-corrected chi connectivity index (χ4v) is 2.90. The molecule has 0 aliphatic carbocycles. The van der Waals surface area contributed by atoms with Gasteiger partial charge in [-0.1, -0.05) is 13.8 Å². The van der Waals surface area contributed by atoms with E-state index in [2.05, 4.69) is 4.98 Å². The molecule has 0 saturated heterocycles. The number of H-pyrrole nitrogens is 1. The third-order valence-electron chi connectivity index (χ3n) is 4.41. The Bertz CT molecular complexity index is 967. The second-order valence-electron chi connectivity index (χ2n) is 6.79. The SMILES string of the molecule is CCCOc1ccc(OCC(=O)N(CCOC)c2c(N)n(CCC)c(=O)[nH]c2=O)cc1. The van der Waals surface area contributed by atoms with Crippen LogP contribution in [0.25, 0.3) is 0 Å². The van der Waals surface area contributed by atoms with Crippen LogP contribution >= 0.6 is 0 Å². The number of benzene rings is 1. The number of hydrogen-bond donors (Lipinski definition) is 2. The number of carbonyl (C=O) groups excluding carboxylic acids is 1. The molecule has 0 radical (unpaired) electrons. The van der Waals surface area contributed by atoms with Crippen molar-refractivity contribution in [2.45, 2.75) is 33.2 Å². The van der Waals surface area contributed by atoms with Crippen LogP contribution in [-0.2, 0) is 16.1 Å². The molecular formula is C21H30N4O6. The van der Waals surface area contributed by atoms with Crippen LogP contribution in [-0.4, -0.2) is 48.9 Å². The van der Waals surface area contributed by atoms with Crippen LogP contribution in [0.4, 0.5) is 11.5 Å². The maximum atomic E-state index is 12.9. The first kappa shape index (κ1) is 24.0. The second kappa shape index (κ2) is 11.8. The van der Waals surface area contributed by atoms with Crippen LogP contribution in [0.1, 0.15) is 26.7 Å². The lowest BCUT2D eigenvalue weighted by molar-refractivity contribution is -0.120. The zero-order valence-corrected chi connectivity index (χ0v) is 18.2. The minimum absolute atomic E-state index is 0.0695. The molecule has 0 aliphatic rings. The lowest BCUT2D eigenvalue weighted by Gasteiger charge is -2.24. The first-order valence-corrected chi connectivity index (χ1v) is 10.2. The third kappa shape index (κ3) is 6.35. The molecule has 1 aromatic heterocycles. The fourth-order valence-electron chi connectivity index (χ4n) is 2.90. The quantitative estimate of drug-likeness (QED) is 0.516. The molecule has 2 aromatic rings. The normalized spacial score (nSPS) is 10.7. The van der Waals surface area contributed by atoms with E-state index in [0.29, 0.717) is 31.1 Å². The van der Waals surface area contributed by atoms with Crippen molar-refractivity contribution in [2.24, 2.45) is 0 Å². The lowest BCUT2D eigenvalue weighted by Crippen LogP contribution is -2.44. The van der Waals surface area contributed by atoms with E-state index in [1.807, 2.05) is 13.8 Å². The average molecular weight is 434 g/mol. The summed E-state index contributed by atoms with van der Waals surface area (Å²) in [7, 11) is 1.48. The Morgan fingerprint density at radius 2 is 1.71 bits per heavy atom. The van der Waals surface area contributed by atoms with Gasteiger partial charge in [0.1, 0.15) is 17.3 Å². The number of aromatic amines is 1. The summed E-state index contributed by atoms with van der Waals surface area (Å²) in [5.74, 6) is 0.612. The van der Waals surface area contributed by atoms with Gasteiger partial charge in [0.25, 0.3) is 11.5 Å². The van der Waals surface area contributed by atoms with Gasteiger partial charge in [0, 0.05) is 20.2 Å². The molecule has 10 nitrogen and oxygen atoms in total. The Kier molecular flexibility index (Phi) is 9.13. The molecule has 1 amide bonds. The highest BCUT2D eigenvalue weighted by Crippen LogP contribution is 2.20. The number of ether oxygens (including phenoxy) is 3. The number of rotatable bonds is 12. The van der Waals surface area contributed by atoms with Crippen LogP contribution in [0.15, 0.2) is 33.9 Å². The second-order valence-corrected chi connectivity index (χ2v) is 6.79. The number of nitrogens with one attached hydrogen (secondary N) is 1. The summed E-state index contributed by atoms with van der Waals surface area (Å²) >= 11 is 0. The molecule has 0 saturated carbocycles. The molecule has 0 atom stereocenters. The number of nitrogens with zero attached hydrogens (tertiary/aromatic N) is 2. The summed E-state index contributed by atoms with van der Waals surface area (Å²) in [4.78, 5) is 40.9. The summed E-state index contributed by atoms with van der Waals surface area (Å²) in [5, 5.41) is 0. The van der Waals surface area contributed by atoms with E-state index >= 15 is 0 Å². The molecule has 3 N–H and O–H groups in total. The predicted molar refractivity (Wildman–Crippen MR) is 118 cm³/mol. The zero-order valence-electron chi connectivity index (χ0n) is 18.2. The maximum absolute atomic E-state index is 12.9. The lowest BCUT2D eigenvalue weighted by atomic mass is 10.3. The van der Waals surface area contributed by atoms with Crippen molar-refractivity contribution in [3.63, 3.8) is 0 Å². The van der Waals surface area contributed by atoms with Gasteiger partial charge in [-0.2, -0.15) is 0 Å². The van der Waals surface area contributed by atoms with Crippen molar-refractivity contribution in [3.8, 4) is 11.5 Å². The number of carbonyl (C=O) groups is 1. The Labute approximate surface area is 180 Å². The van der Waals surface area contributed by atoms with Gasteiger partial charge in [0.15, 0.2) is 12.3 Å². The zero-order chi connectivity index (χ0) is 22.8. The van der Waals surface area contributed by atoms with Gasteiger partial charge < -0.3 is 19.9 Å². The first-order chi connectivity index (χ1) is 14.9. The molecule has 10 heteroatoms. The molecule has 0 bridgehead atoms. The van der Waals surface area contributed by atoms with Crippen LogP contribution in [0.3, 0.4) is 0 Å². The van der Waals surface area contributed by atoms with E-state index in [-0.39, 0.29) is 31.3 Å². The van der Waals surface area contributed by atoms with Gasteiger partial charge in [0.05, 0.1) is 13.2 Å². The number of amides is 1. The molecular weight excluding hydrogens is 404 g/mol. The number of nitrogen functional groups attached to an aromatic ring is 1. The van der Waals surface area contributed by atoms with Crippen LogP contribution in [0, 0.1) is 0 Å². The van der Waals surface area contributed by atoms with Crippen molar-refractivity contribution in [1.82, 2.24) is 9.55 Å². The van der Waals surface area contributed by atoms with Crippen molar-refractivity contribution < 1.29 is 19.0 Å². The van der Waals surface area contributed by atoms with Gasteiger partial charge in [-0.05, 0) is 37.1 Å². The molecule has 0 fully saturated rings. The Morgan fingerprint density at radius 1 is 1.06 bits per heavy atom. The molecule has 0 aliphatic heterocycles. The Balaban J connectivity index is 2.22. The van der Waals surface area contributed by atoms with E-state index in [0.717, 1.165) is 6.42 Å². The van der Waals surface area contributed by atoms with Gasteiger partial charge in [0.2, 0.25) is 0 Å². The van der Waals surface area contributed by atoms with Gasteiger partial charge in [-0.25, -0.2) is 4.79 Å².